The maximum Gasteiger partial charge on any atom is 0.282 e. The average molecular weight is 373 g/mol. The van der Waals surface area contributed by atoms with Crippen molar-refractivity contribution in [1.29, 1.82) is 0 Å². The van der Waals surface area contributed by atoms with E-state index in [4.69, 9.17) is 11.6 Å². The van der Waals surface area contributed by atoms with Gasteiger partial charge in [0.2, 0.25) is 0 Å². The molecule has 0 aliphatic heterocycles. The monoisotopic (exact) mass is 372 g/mol. The third-order valence-corrected chi connectivity index (χ3v) is 6.73. The second kappa shape index (κ2) is 7.77. The molecule has 126 valence electrons. The molecule has 4 nitrogen and oxygen atoms in total. The summed E-state index contributed by atoms with van der Waals surface area (Å²) in [6, 6.07) is 11.1. The van der Waals surface area contributed by atoms with Gasteiger partial charge in [0.05, 0.1) is 0 Å². The molecule has 1 aromatic carbocycles. The van der Waals surface area contributed by atoms with Crippen LogP contribution >= 0.6 is 22.9 Å². The third-order valence-electron chi connectivity index (χ3n) is 3.58. The lowest BCUT2D eigenvalue weighted by molar-refractivity contribution is 0.306. The lowest BCUT2D eigenvalue weighted by atomic mass is 10.1. The van der Waals surface area contributed by atoms with Crippen LogP contribution < -0.4 is 0 Å². The van der Waals surface area contributed by atoms with Crippen molar-refractivity contribution in [3.05, 3.63) is 57.2 Å². The summed E-state index contributed by atoms with van der Waals surface area (Å²) < 4.78 is 28.2. The first-order valence-corrected chi connectivity index (χ1v) is 9.92. The van der Waals surface area contributed by atoms with Crippen LogP contribution in [0.5, 0.6) is 0 Å². The Morgan fingerprint density at radius 2 is 1.83 bits per heavy atom. The molecule has 0 spiro atoms. The maximum atomic E-state index is 12.7. The van der Waals surface area contributed by atoms with Gasteiger partial charge in [0.1, 0.15) is 0 Å². The van der Waals surface area contributed by atoms with Gasteiger partial charge in [0, 0.05) is 36.6 Å². The van der Waals surface area contributed by atoms with Gasteiger partial charge in [-0.05, 0) is 42.5 Å². The highest BCUT2D eigenvalue weighted by atomic mass is 35.5. The van der Waals surface area contributed by atoms with Crippen LogP contribution in [0, 0.1) is 0 Å². The van der Waals surface area contributed by atoms with E-state index >= 15 is 0 Å². The lowest BCUT2D eigenvalue weighted by Gasteiger charge is -2.30. The van der Waals surface area contributed by atoms with Crippen LogP contribution in [0.25, 0.3) is 0 Å². The van der Waals surface area contributed by atoms with E-state index in [9.17, 15) is 8.42 Å². The summed E-state index contributed by atoms with van der Waals surface area (Å²) in [7, 11) is -0.396. The van der Waals surface area contributed by atoms with Gasteiger partial charge in [-0.25, -0.2) is 0 Å². The van der Waals surface area contributed by atoms with E-state index in [1.807, 2.05) is 36.6 Å². The molecule has 0 aliphatic carbocycles. The maximum absolute atomic E-state index is 12.7. The zero-order valence-corrected chi connectivity index (χ0v) is 15.8. The number of rotatable bonds is 7. The van der Waals surface area contributed by atoms with Gasteiger partial charge in [0.15, 0.2) is 0 Å². The van der Waals surface area contributed by atoms with Gasteiger partial charge in [0.25, 0.3) is 10.2 Å². The normalized spacial score (nSPS) is 13.7. The van der Waals surface area contributed by atoms with Crippen LogP contribution in [0.3, 0.4) is 0 Å². The molecular formula is C16H21ClN2O2S2. The predicted octanol–water partition coefficient (Wildman–Crippen LogP) is 3.64. The molecular weight excluding hydrogens is 352 g/mol. The van der Waals surface area contributed by atoms with Gasteiger partial charge in [-0.3, -0.25) is 0 Å². The molecule has 0 N–H and O–H groups in total. The lowest BCUT2D eigenvalue weighted by Crippen LogP contribution is -2.45. The zero-order valence-electron chi connectivity index (χ0n) is 13.4. The van der Waals surface area contributed by atoms with Crippen molar-refractivity contribution in [3.8, 4) is 0 Å². The highest BCUT2D eigenvalue weighted by Gasteiger charge is 2.29. The molecule has 0 saturated heterocycles. The van der Waals surface area contributed by atoms with Crippen molar-refractivity contribution < 1.29 is 8.42 Å². The summed E-state index contributed by atoms with van der Waals surface area (Å²) in [6.07, 6.45) is 0.693. The minimum atomic E-state index is -3.51. The Hall–Kier alpha value is -0.920. The van der Waals surface area contributed by atoms with Crippen LogP contribution in [0.1, 0.15) is 17.4 Å². The van der Waals surface area contributed by atoms with Gasteiger partial charge in [-0.2, -0.15) is 17.0 Å². The Morgan fingerprint density at radius 1 is 1.17 bits per heavy atom. The van der Waals surface area contributed by atoms with Crippen molar-refractivity contribution in [2.45, 2.75) is 25.9 Å². The van der Waals surface area contributed by atoms with E-state index in [2.05, 4.69) is 0 Å². The van der Waals surface area contributed by atoms with Crippen LogP contribution in [-0.2, 0) is 23.2 Å². The van der Waals surface area contributed by atoms with Crippen molar-refractivity contribution in [2.24, 2.45) is 0 Å². The SMILES string of the molecule is CC(Cc1cccs1)N(Cc1ccc(Cl)cc1)S(=O)(=O)N(C)C. The van der Waals surface area contributed by atoms with Gasteiger partial charge in [-0.1, -0.05) is 29.8 Å². The Kier molecular flexibility index (Phi) is 6.22. The number of thiophene rings is 1. The van der Waals surface area contributed by atoms with E-state index < -0.39 is 10.2 Å². The molecule has 0 radical (unpaired) electrons. The summed E-state index contributed by atoms with van der Waals surface area (Å²) in [5.74, 6) is 0. The van der Waals surface area contributed by atoms with Crippen molar-refractivity contribution in [1.82, 2.24) is 8.61 Å². The Labute approximate surface area is 147 Å². The fraction of sp³-hybridized carbons (Fsp3) is 0.375. The van der Waals surface area contributed by atoms with Crippen molar-refractivity contribution in [2.75, 3.05) is 14.1 Å². The first-order valence-electron chi connectivity index (χ1n) is 7.27. The van der Waals surface area contributed by atoms with Crippen LogP contribution in [0.2, 0.25) is 5.02 Å². The molecule has 0 amide bonds. The minimum Gasteiger partial charge on any atom is -0.195 e. The Morgan fingerprint density at radius 3 is 2.35 bits per heavy atom. The van der Waals surface area contributed by atoms with Gasteiger partial charge >= 0.3 is 0 Å². The average Bonchev–Trinajstić information content (AvgIpc) is 2.99. The van der Waals surface area contributed by atoms with E-state index in [0.717, 1.165) is 5.56 Å². The van der Waals surface area contributed by atoms with Crippen molar-refractivity contribution in [3.63, 3.8) is 0 Å². The molecule has 0 bridgehead atoms. The van der Waals surface area contributed by atoms with Crippen LogP contribution in [0.4, 0.5) is 0 Å². The molecule has 0 aliphatic rings. The summed E-state index contributed by atoms with van der Waals surface area (Å²) in [5, 5.41) is 2.65. The number of hydrogen-bond donors (Lipinski definition) is 0. The second-order valence-corrected chi connectivity index (χ2v) is 9.16. The molecule has 1 aromatic heterocycles. The molecule has 2 aromatic rings. The Bertz CT molecular complexity index is 713. The number of halogens is 1. The fourth-order valence-corrected chi connectivity index (χ4v) is 4.48. The van der Waals surface area contributed by atoms with Crippen LogP contribution in [0.15, 0.2) is 41.8 Å². The number of benzene rings is 1. The topological polar surface area (TPSA) is 40.6 Å². The van der Waals surface area contributed by atoms with Crippen molar-refractivity contribution >= 4 is 33.1 Å². The summed E-state index contributed by atoms with van der Waals surface area (Å²) in [5.41, 5.74) is 0.915. The first kappa shape index (κ1) is 18.4. The van der Waals surface area contributed by atoms with E-state index in [1.165, 1.54) is 13.5 Å². The first-order chi connectivity index (χ1) is 10.8. The minimum absolute atomic E-state index is 0.142. The number of nitrogens with zero attached hydrogens (tertiary/aromatic N) is 2. The number of hydrogen-bond acceptors (Lipinski definition) is 3. The molecule has 1 atom stereocenters. The van der Waals surface area contributed by atoms with E-state index in [0.29, 0.717) is 18.0 Å². The molecule has 1 heterocycles. The molecule has 7 heteroatoms. The van der Waals surface area contributed by atoms with Gasteiger partial charge < -0.3 is 0 Å². The second-order valence-electron chi connectivity index (χ2n) is 5.59. The molecule has 1 unspecified atom stereocenters. The fourth-order valence-electron chi connectivity index (χ4n) is 2.27. The standard InChI is InChI=1S/C16H21ClN2O2S2/c1-13(11-16-5-4-10-22-16)19(23(20,21)18(2)3)12-14-6-8-15(17)9-7-14/h4-10,13H,11-12H2,1-3H3. The summed E-state index contributed by atoms with van der Waals surface area (Å²) >= 11 is 7.55. The Balaban J connectivity index is 2.26. The molecule has 0 saturated carbocycles. The highest BCUT2D eigenvalue weighted by Crippen LogP contribution is 2.21. The smallest absolute Gasteiger partial charge is 0.195 e. The van der Waals surface area contributed by atoms with E-state index in [-0.39, 0.29) is 6.04 Å². The quantitative estimate of drug-likeness (QED) is 0.744. The molecule has 23 heavy (non-hydrogen) atoms. The van der Waals surface area contributed by atoms with E-state index in [1.54, 1.807) is 37.6 Å². The molecule has 0 fully saturated rings. The summed E-state index contributed by atoms with van der Waals surface area (Å²) in [4.78, 5) is 1.17. The van der Waals surface area contributed by atoms with Crippen LogP contribution in [-0.4, -0.2) is 37.2 Å². The van der Waals surface area contributed by atoms with Gasteiger partial charge in [-0.15, -0.1) is 11.3 Å². The summed E-state index contributed by atoms with van der Waals surface area (Å²) in [6.45, 7) is 2.26. The predicted molar refractivity (Wildman–Crippen MR) is 97.1 cm³/mol. The highest BCUT2D eigenvalue weighted by molar-refractivity contribution is 7.86. The largest absolute Gasteiger partial charge is 0.282 e. The molecule has 2 rings (SSSR count). The third kappa shape index (κ3) is 4.78. The zero-order chi connectivity index (χ0) is 17.0.